The third-order valence-corrected chi connectivity index (χ3v) is 2.77. The Labute approximate surface area is 112 Å². The van der Waals surface area contributed by atoms with Crippen molar-refractivity contribution >= 4 is 29.0 Å². The first-order valence-corrected chi connectivity index (χ1v) is 5.19. The van der Waals surface area contributed by atoms with Crippen molar-refractivity contribution in [3.8, 4) is 6.07 Å². The van der Waals surface area contributed by atoms with Gasteiger partial charge in [0.05, 0.1) is 15.5 Å². The van der Waals surface area contributed by atoms with Gasteiger partial charge in [0.15, 0.2) is 11.3 Å². The van der Waals surface area contributed by atoms with E-state index in [2.05, 4.69) is 0 Å². The molecule has 0 unspecified atom stereocenters. The number of carboxylic acids is 1. The fourth-order valence-electron chi connectivity index (χ4n) is 1.44. The largest absolute Gasteiger partial charge is 0.505 e. The average molecular weight is 283 g/mol. The quantitative estimate of drug-likeness (QED) is 0.288. The monoisotopic (exact) mass is 282 g/mol. The Kier molecular flexibility index (Phi) is 4.09. The van der Waals surface area contributed by atoms with Crippen molar-refractivity contribution in [2.45, 2.75) is 6.92 Å². The molecule has 7 nitrogen and oxygen atoms in total. The summed E-state index contributed by atoms with van der Waals surface area (Å²) in [6, 6.07) is 3.63. The second-order valence-electron chi connectivity index (χ2n) is 3.47. The molecule has 0 heterocycles. The molecule has 0 bridgehead atoms. The van der Waals surface area contributed by atoms with Crippen LogP contribution in [-0.4, -0.2) is 21.1 Å². The predicted molar refractivity (Wildman–Crippen MR) is 65.6 cm³/mol. The van der Waals surface area contributed by atoms with Crippen molar-refractivity contribution in [2.24, 2.45) is 0 Å². The summed E-state index contributed by atoms with van der Waals surface area (Å²) in [5.74, 6) is -2.65. The zero-order valence-corrected chi connectivity index (χ0v) is 10.3. The van der Waals surface area contributed by atoms with Crippen LogP contribution in [0.2, 0.25) is 5.02 Å². The molecule has 0 fully saturated rings. The molecule has 1 aromatic rings. The lowest BCUT2D eigenvalue weighted by Crippen LogP contribution is -2.05. The van der Waals surface area contributed by atoms with Crippen LogP contribution in [0.3, 0.4) is 0 Å². The van der Waals surface area contributed by atoms with E-state index in [4.69, 9.17) is 22.0 Å². The van der Waals surface area contributed by atoms with E-state index in [1.807, 2.05) is 0 Å². The van der Waals surface area contributed by atoms with Gasteiger partial charge in [-0.25, -0.2) is 4.79 Å². The molecule has 0 aliphatic rings. The van der Waals surface area contributed by atoms with Crippen LogP contribution in [0.25, 0.3) is 5.76 Å². The topological polar surface area (TPSA) is 124 Å². The van der Waals surface area contributed by atoms with Crippen LogP contribution in [0, 0.1) is 28.4 Å². The molecule has 0 radical (unpaired) electrons. The van der Waals surface area contributed by atoms with Gasteiger partial charge in [-0.1, -0.05) is 11.6 Å². The fourth-order valence-corrected chi connectivity index (χ4v) is 1.59. The Morgan fingerprint density at radius 3 is 2.47 bits per heavy atom. The second kappa shape index (κ2) is 5.37. The zero-order chi connectivity index (χ0) is 14.7. The lowest BCUT2D eigenvalue weighted by molar-refractivity contribution is -0.385. The lowest BCUT2D eigenvalue weighted by Gasteiger charge is -2.06. The van der Waals surface area contributed by atoms with Crippen LogP contribution in [0.1, 0.15) is 11.1 Å². The molecule has 0 amide bonds. The molecule has 19 heavy (non-hydrogen) atoms. The number of nitriles is 1. The minimum Gasteiger partial charge on any atom is -0.505 e. The van der Waals surface area contributed by atoms with Crippen LogP contribution < -0.4 is 0 Å². The molecule has 8 heteroatoms. The Hall–Kier alpha value is -2.59. The number of nitrogens with zero attached hydrogens (tertiary/aromatic N) is 2. The fraction of sp³-hybridized carbons (Fsp3) is 0.0909. The van der Waals surface area contributed by atoms with Gasteiger partial charge in [0.25, 0.3) is 5.69 Å². The first-order valence-electron chi connectivity index (χ1n) is 4.81. The first kappa shape index (κ1) is 14.5. The van der Waals surface area contributed by atoms with Crippen molar-refractivity contribution in [3.05, 3.63) is 44.0 Å². The highest BCUT2D eigenvalue weighted by molar-refractivity contribution is 6.31. The number of aliphatic carboxylic acids is 1. The first-order chi connectivity index (χ1) is 8.81. The van der Waals surface area contributed by atoms with E-state index in [0.29, 0.717) is 0 Å². The van der Waals surface area contributed by atoms with Gasteiger partial charge in [0.2, 0.25) is 0 Å². The van der Waals surface area contributed by atoms with E-state index in [0.717, 1.165) is 6.07 Å². The summed E-state index contributed by atoms with van der Waals surface area (Å²) in [6.45, 7) is 1.35. The summed E-state index contributed by atoms with van der Waals surface area (Å²) in [5.41, 5.74) is -1.83. The third-order valence-electron chi connectivity index (χ3n) is 2.37. The Morgan fingerprint density at radius 1 is 1.47 bits per heavy atom. The van der Waals surface area contributed by atoms with Gasteiger partial charge in [-0.05, 0) is 19.1 Å². The number of nitro benzene ring substituents is 1. The number of aliphatic hydroxyl groups excluding tert-OH is 1. The molecule has 2 N–H and O–H groups in total. The number of carbonyl (C=O) groups is 1. The standard InChI is InChI=1S/C11H7ClN2O5/c1-5-8(12)3-2-6(9(5)14(18)19)10(15)7(4-13)11(16)17/h2-3,15H,1H3,(H,16,17). The summed E-state index contributed by atoms with van der Waals surface area (Å²) in [6.07, 6.45) is 0. The van der Waals surface area contributed by atoms with Crippen LogP contribution in [0.4, 0.5) is 5.69 Å². The summed E-state index contributed by atoms with van der Waals surface area (Å²) in [7, 11) is 0. The van der Waals surface area contributed by atoms with Crippen LogP contribution >= 0.6 is 11.6 Å². The minimum absolute atomic E-state index is 0.0680. The van der Waals surface area contributed by atoms with Gasteiger partial charge >= 0.3 is 5.97 Å². The van der Waals surface area contributed by atoms with Crippen molar-refractivity contribution < 1.29 is 19.9 Å². The molecule has 0 aliphatic heterocycles. The van der Waals surface area contributed by atoms with E-state index >= 15 is 0 Å². The highest BCUT2D eigenvalue weighted by Gasteiger charge is 2.26. The number of nitro groups is 1. The highest BCUT2D eigenvalue weighted by atomic mass is 35.5. The SMILES string of the molecule is Cc1c(Cl)ccc(C(O)=C(C#N)C(=O)O)c1[N+](=O)[O-]. The molecule has 98 valence electrons. The molecule has 0 saturated heterocycles. The van der Waals surface area contributed by atoms with E-state index < -0.39 is 27.9 Å². The molecular formula is C11H7ClN2O5. The molecule has 0 atom stereocenters. The lowest BCUT2D eigenvalue weighted by atomic mass is 10.0. The summed E-state index contributed by atoms with van der Waals surface area (Å²) in [5, 5.41) is 38.1. The number of hydrogen-bond acceptors (Lipinski definition) is 5. The molecule has 0 aromatic heterocycles. The third kappa shape index (κ3) is 2.64. The normalized spacial score (nSPS) is 11.4. The van der Waals surface area contributed by atoms with E-state index in [1.165, 1.54) is 19.1 Å². The summed E-state index contributed by atoms with van der Waals surface area (Å²) >= 11 is 5.73. The number of carboxylic acid groups (broad SMARTS) is 1. The van der Waals surface area contributed by atoms with E-state index in [-0.39, 0.29) is 16.1 Å². The van der Waals surface area contributed by atoms with Gasteiger partial charge in [-0.3, -0.25) is 10.1 Å². The van der Waals surface area contributed by atoms with Crippen molar-refractivity contribution in [1.29, 1.82) is 5.26 Å². The van der Waals surface area contributed by atoms with Crippen molar-refractivity contribution in [3.63, 3.8) is 0 Å². The maximum absolute atomic E-state index is 11.0. The Morgan fingerprint density at radius 2 is 2.05 bits per heavy atom. The van der Waals surface area contributed by atoms with Crippen LogP contribution in [0.5, 0.6) is 0 Å². The number of benzene rings is 1. The molecule has 1 rings (SSSR count). The average Bonchev–Trinajstić information content (AvgIpc) is 2.32. The molecule has 0 spiro atoms. The number of halogens is 1. The van der Waals surface area contributed by atoms with Gasteiger partial charge in [-0.2, -0.15) is 5.26 Å². The van der Waals surface area contributed by atoms with Crippen LogP contribution in [-0.2, 0) is 4.79 Å². The zero-order valence-electron chi connectivity index (χ0n) is 9.55. The maximum Gasteiger partial charge on any atom is 0.350 e. The number of hydrogen-bond donors (Lipinski definition) is 2. The highest BCUT2D eigenvalue weighted by Crippen LogP contribution is 2.33. The Balaban J connectivity index is 3.71. The van der Waals surface area contributed by atoms with E-state index in [1.54, 1.807) is 0 Å². The molecule has 0 saturated carbocycles. The van der Waals surface area contributed by atoms with E-state index in [9.17, 15) is 20.0 Å². The summed E-state index contributed by atoms with van der Waals surface area (Å²) in [4.78, 5) is 20.9. The number of rotatable bonds is 3. The van der Waals surface area contributed by atoms with Crippen molar-refractivity contribution in [1.82, 2.24) is 0 Å². The van der Waals surface area contributed by atoms with Gasteiger partial charge < -0.3 is 10.2 Å². The smallest absolute Gasteiger partial charge is 0.350 e. The molecule has 0 aliphatic carbocycles. The Bertz CT molecular complexity index is 645. The van der Waals surface area contributed by atoms with Gasteiger partial charge in [0, 0.05) is 5.56 Å². The summed E-state index contributed by atoms with van der Waals surface area (Å²) < 4.78 is 0. The maximum atomic E-state index is 11.0. The van der Waals surface area contributed by atoms with Crippen molar-refractivity contribution in [2.75, 3.05) is 0 Å². The molecular weight excluding hydrogens is 276 g/mol. The number of aliphatic hydroxyl groups is 1. The minimum atomic E-state index is -1.68. The predicted octanol–water partition coefficient (Wildman–Crippen LogP) is 2.43. The van der Waals surface area contributed by atoms with Gasteiger partial charge in [-0.15, -0.1) is 0 Å². The second-order valence-corrected chi connectivity index (χ2v) is 3.87. The van der Waals surface area contributed by atoms with Crippen LogP contribution in [0.15, 0.2) is 17.7 Å². The van der Waals surface area contributed by atoms with Gasteiger partial charge in [0.1, 0.15) is 6.07 Å². The molecule has 1 aromatic carbocycles.